The van der Waals surface area contributed by atoms with E-state index in [1.807, 2.05) is 0 Å². The van der Waals surface area contributed by atoms with E-state index in [0.29, 0.717) is 19.3 Å². The molecule has 0 aromatic heterocycles. The number of aliphatic hydroxyl groups is 2. The van der Waals surface area contributed by atoms with Crippen LogP contribution in [-0.2, 0) is 23.9 Å². The Morgan fingerprint density at radius 3 is 1.89 bits per heavy atom. The molecule has 0 radical (unpaired) electrons. The fraction of sp³-hybridized carbons (Fsp3) is 0.833. The van der Waals surface area contributed by atoms with Crippen molar-refractivity contribution < 1.29 is 39.2 Å². The molecule has 0 aliphatic heterocycles. The van der Waals surface area contributed by atoms with Gasteiger partial charge in [-0.25, -0.2) is 9.59 Å². The molecule has 7 atom stereocenters. The van der Waals surface area contributed by atoms with Crippen molar-refractivity contribution in [1.29, 1.82) is 0 Å². The molecule has 0 saturated carbocycles. The number of carboxylic acids is 1. The summed E-state index contributed by atoms with van der Waals surface area (Å²) in [6.45, 7) is 7.93. The summed E-state index contributed by atoms with van der Waals surface area (Å²) in [6, 6.07) is -2.45. The summed E-state index contributed by atoms with van der Waals surface area (Å²) in [4.78, 5) is 52.6. The molecule has 1 amide bonds. The SMILES string of the molecule is CN[C@@H](C)C(=O)CC(CC(C)O)(OC(=O)[C@H]([C@H](C)CCCC(C)O)N(C)C(=O)[C@H](C)NC)C(=O)O. The molecule has 0 aliphatic carbocycles. The van der Waals surface area contributed by atoms with E-state index >= 15 is 0 Å². The molecule has 0 spiro atoms. The van der Waals surface area contributed by atoms with Crippen molar-refractivity contribution >= 4 is 23.6 Å². The molecule has 0 aliphatic rings. The monoisotopic (exact) mass is 503 g/mol. The van der Waals surface area contributed by atoms with Crippen molar-refractivity contribution in [2.45, 2.75) is 103 Å². The van der Waals surface area contributed by atoms with Gasteiger partial charge in [0.15, 0.2) is 5.78 Å². The maximum Gasteiger partial charge on any atom is 0.348 e. The van der Waals surface area contributed by atoms with Gasteiger partial charge in [0, 0.05) is 13.5 Å². The third kappa shape index (κ3) is 10.2. The molecule has 35 heavy (non-hydrogen) atoms. The first-order valence-corrected chi connectivity index (χ1v) is 12.1. The van der Waals surface area contributed by atoms with Crippen LogP contribution in [0.5, 0.6) is 0 Å². The van der Waals surface area contributed by atoms with Gasteiger partial charge in [-0.15, -0.1) is 0 Å². The van der Waals surface area contributed by atoms with E-state index in [2.05, 4.69) is 10.6 Å². The second-order valence-electron chi connectivity index (χ2n) is 9.59. The predicted octanol–water partition coefficient (Wildman–Crippen LogP) is 0.313. The van der Waals surface area contributed by atoms with E-state index < -0.39 is 78.3 Å². The summed E-state index contributed by atoms with van der Waals surface area (Å²) in [7, 11) is 4.58. The zero-order valence-electron chi connectivity index (χ0n) is 22.3. The van der Waals surface area contributed by atoms with E-state index in [1.54, 1.807) is 41.8 Å². The highest BCUT2D eigenvalue weighted by Gasteiger charge is 2.48. The second kappa shape index (κ2) is 15.1. The van der Waals surface area contributed by atoms with Gasteiger partial charge in [-0.2, -0.15) is 0 Å². The number of aliphatic carboxylic acids is 1. The number of amides is 1. The fourth-order valence-corrected chi connectivity index (χ4v) is 3.91. The highest BCUT2D eigenvalue weighted by atomic mass is 16.6. The van der Waals surface area contributed by atoms with Crippen molar-refractivity contribution in [3.8, 4) is 0 Å². The Balaban J connectivity index is 6.24. The quantitative estimate of drug-likeness (QED) is 0.174. The Bertz CT molecular complexity index is 715. The minimum Gasteiger partial charge on any atom is -0.478 e. The number of ether oxygens (including phenoxy) is 1. The Kier molecular flexibility index (Phi) is 14.2. The smallest absolute Gasteiger partial charge is 0.348 e. The van der Waals surface area contributed by atoms with Crippen LogP contribution < -0.4 is 10.6 Å². The van der Waals surface area contributed by atoms with Gasteiger partial charge in [-0.05, 0) is 60.5 Å². The number of esters is 1. The number of aliphatic hydroxyl groups excluding tert-OH is 2. The third-order valence-electron chi connectivity index (χ3n) is 6.32. The van der Waals surface area contributed by atoms with Crippen molar-refractivity contribution in [3.05, 3.63) is 0 Å². The standard InChI is InChI=1S/C24H45N3O8/c1-14(10-9-11-15(2)28)20(27(8)21(31)18(5)26-7)22(32)35-24(23(33)34,12-16(3)29)13-19(30)17(4)25-6/h14-18,20,25-26,28-29H,9-13H2,1-8H3,(H,33,34)/t14-,15?,16?,17+,18+,20+,24?/m1/s1. The number of ketones is 1. The minimum atomic E-state index is -2.30. The first kappa shape index (κ1) is 32.9. The Morgan fingerprint density at radius 1 is 0.914 bits per heavy atom. The zero-order valence-corrected chi connectivity index (χ0v) is 22.3. The van der Waals surface area contributed by atoms with Gasteiger partial charge in [0.1, 0.15) is 6.04 Å². The van der Waals surface area contributed by atoms with Crippen LogP contribution in [0.1, 0.15) is 66.7 Å². The second-order valence-corrected chi connectivity index (χ2v) is 9.59. The van der Waals surface area contributed by atoms with Crippen molar-refractivity contribution in [2.24, 2.45) is 5.92 Å². The van der Waals surface area contributed by atoms with Crippen LogP contribution in [0, 0.1) is 5.92 Å². The molecule has 0 heterocycles. The lowest BCUT2D eigenvalue weighted by Gasteiger charge is -2.37. The molecule has 5 N–H and O–H groups in total. The normalized spacial score (nSPS) is 18.3. The minimum absolute atomic E-state index is 0.395. The summed E-state index contributed by atoms with van der Waals surface area (Å²) >= 11 is 0. The van der Waals surface area contributed by atoms with E-state index in [9.17, 15) is 34.5 Å². The molecule has 0 bridgehead atoms. The lowest BCUT2D eigenvalue weighted by atomic mass is 9.88. The molecule has 3 unspecified atom stereocenters. The van der Waals surface area contributed by atoms with E-state index in [-0.39, 0.29) is 0 Å². The van der Waals surface area contributed by atoms with Crippen LogP contribution in [0.2, 0.25) is 0 Å². The Hall–Kier alpha value is -2.08. The number of Topliss-reactive ketones (excluding diaryl/α,β-unsaturated/α-hetero) is 1. The zero-order chi connectivity index (χ0) is 27.5. The van der Waals surface area contributed by atoms with E-state index in [4.69, 9.17) is 4.74 Å². The number of nitrogens with zero attached hydrogens (tertiary/aromatic N) is 1. The summed E-state index contributed by atoms with van der Waals surface area (Å²) in [5.74, 6) is -3.86. The van der Waals surface area contributed by atoms with Gasteiger partial charge >= 0.3 is 11.9 Å². The molecule has 11 nitrogen and oxygen atoms in total. The molecule has 0 aromatic rings. The lowest BCUT2D eigenvalue weighted by molar-refractivity contribution is -0.189. The molecule has 11 heteroatoms. The molecule has 0 aromatic carbocycles. The highest BCUT2D eigenvalue weighted by molar-refractivity contribution is 5.93. The van der Waals surface area contributed by atoms with Crippen molar-refractivity contribution in [3.63, 3.8) is 0 Å². The van der Waals surface area contributed by atoms with Gasteiger partial charge < -0.3 is 35.6 Å². The number of hydrogen-bond donors (Lipinski definition) is 5. The lowest BCUT2D eigenvalue weighted by Crippen LogP contribution is -2.56. The van der Waals surface area contributed by atoms with Gasteiger partial charge in [0.05, 0.1) is 30.7 Å². The average Bonchev–Trinajstić information content (AvgIpc) is 2.76. The fourth-order valence-electron chi connectivity index (χ4n) is 3.91. The van der Waals surface area contributed by atoms with Crippen LogP contribution in [0.4, 0.5) is 0 Å². The maximum atomic E-state index is 13.5. The molecular formula is C24H45N3O8. The number of carbonyl (C=O) groups excluding carboxylic acids is 3. The van der Waals surface area contributed by atoms with Crippen LogP contribution >= 0.6 is 0 Å². The summed E-state index contributed by atoms with van der Waals surface area (Å²) in [5, 5.41) is 35.2. The van der Waals surface area contributed by atoms with Crippen LogP contribution in [0.15, 0.2) is 0 Å². The first-order valence-electron chi connectivity index (χ1n) is 12.1. The summed E-state index contributed by atoms with van der Waals surface area (Å²) < 4.78 is 5.56. The van der Waals surface area contributed by atoms with Gasteiger partial charge in [-0.3, -0.25) is 9.59 Å². The van der Waals surface area contributed by atoms with Crippen LogP contribution in [0.3, 0.4) is 0 Å². The van der Waals surface area contributed by atoms with Crippen molar-refractivity contribution in [1.82, 2.24) is 15.5 Å². The predicted molar refractivity (Wildman–Crippen MR) is 131 cm³/mol. The summed E-state index contributed by atoms with van der Waals surface area (Å²) in [5.41, 5.74) is -2.30. The molecular weight excluding hydrogens is 458 g/mol. The maximum absolute atomic E-state index is 13.5. The Morgan fingerprint density at radius 2 is 1.46 bits per heavy atom. The van der Waals surface area contributed by atoms with Gasteiger partial charge in [-0.1, -0.05) is 13.3 Å². The van der Waals surface area contributed by atoms with Crippen molar-refractivity contribution in [2.75, 3.05) is 21.1 Å². The van der Waals surface area contributed by atoms with Crippen LogP contribution in [-0.4, -0.2) is 101 Å². The van der Waals surface area contributed by atoms with Gasteiger partial charge in [0.2, 0.25) is 11.5 Å². The van der Waals surface area contributed by atoms with Crippen LogP contribution in [0.25, 0.3) is 0 Å². The van der Waals surface area contributed by atoms with E-state index in [0.717, 1.165) is 0 Å². The Labute approximate surface area is 208 Å². The molecule has 0 rings (SSSR count). The van der Waals surface area contributed by atoms with E-state index in [1.165, 1.54) is 18.9 Å². The number of carbonyl (C=O) groups is 4. The average molecular weight is 504 g/mol. The number of likely N-dealkylation sites (N-methyl/N-ethyl adjacent to an activating group) is 3. The largest absolute Gasteiger partial charge is 0.478 e. The number of nitrogens with one attached hydrogen (secondary N) is 2. The summed E-state index contributed by atoms with van der Waals surface area (Å²) in [6.07, 6.45) is -1.32. The number of rotatable bonds is 17. The number of carboxylic acid groups (broad SMARTS) is 1. The molecule has 204 valence electrons. The third-order valence-corrected chi connectivity index (χ3v) is 6.32. The molecule has 0 saturated heterocycles. The first-order chi connectivity index (χ1) is 16.1. The number of hydrogen-bond acceptors (Lipinski definition) is 9. The highest BCUT2D eigenvalue weighted by Crippen LogP contribution is 2.28. The topological polar surface area (TPSA) is 165 Å². The van der Waals surface area contributed by atoms with Gasteiger partial charge in [0.25, 0.3) is 0 Å². The molecule has 0 fully saturated rings.